The monoisotopic (exact) mass is 802 g/mol. The first-order valence-electron chi connectivity index (χ1n) is 19.1. The molecule has 2 aliphatic rings. The van der Waals surface area contributed by atoms with E-state index in [4.69, 9.17) is 19.9 Å². The van der Waals surface area contributed by atoms with Crippen molar-refractivity contribution in [2.45, 2.75) is 79.6 Å². The number of nitro benzene ring substituents is 2. The molecule has 0 bridgehead atoms. The van der Waals surface area contributed by atoms with E-state index in [1.165, 1.54) is 0 Å². The summed E-state index contributed by atoms with van der Waals surface area (Å²) in [7, 11) is 1.58. The van der Waals surface area contributed by atoms with Crippen LogP contribution >= 0.6 is 0 Å². The third kappa shape index (κ3) is 8.60. The van der Waals surface area contributed by atoms with E-state index in [0.29, 0.717) is 41.6 Å². The maximum absolute atomic E-state index is 11.5. The normalized spacial score (nSPS) is 17.3. The van der Waals surface area contributed by atoms with Gasteiger partial charge in [-0.15, -0.1) is 0 Å². The van der Waals surface area contributed by atoms with Crippen molar-refractivity contribution in [2.24, 2.45) is 0 Å². The number of methoxy groups -OCH3 is 1. The molecule has 4 heterocycles. The lowest BCUT2D eigenvalue weighted by atomic mass is 9.92. The summed E-state index contributed by atoms with van der Waals surface area (Å²) in [5.74, 6) is 0.809. The van der Waals surface area contributed by atoms with Gasteiger partial charge in [-0.05, 0) is 96.0 Å². The van der Waals surface area contributed by atoms with Crippen molar-refractivity contribution in [3.63, 3.8) is 0 Å². The van der Waals surface area contributed by atoms with Gasteiger partial charge in [-0.1, -0.05) is 24.3 Å². The quantitative estimate of drug-likeness (QED) is 0.0647. The van der Waals surface area contributed by atoms with Crippen molar-refractivity contribution in [3.8, 4) is 34.0 Å². The second kappa shape index (κ2) is 16.6. The van der Waals surface area contributed by atoms with Gasteiger partial charge < -0.3 is 25.3 Å². The summed E-state index contributed by atoms with van der Waals surface area (Å²) < 4.78 is 17.5. The summed E-state index contributed by atoms with van der Waals surface area (Å²) in [6, 6.07) is 19.6. The van der Waals surface area contributed by atoms with E-state index in [1.807, 2.05) is 95.3 Å². The van der Waals surface area contributed by atoms with Gasteiger partial charge in [-0.3, -0.25) is 30.4 Å². The molecule has 0 saturated carbocycles. The van der Waals surface area contributed by atoms with Gasteiger partial charge in [0.1, 0.15) is 17.1 Å². The number of ether oxygens (including phenoxy) is 3. The van der Waals surface area contributed by atoms with Gasteiger partial charge in [0.25, 0.3) is 11.4 Å². The molecule has 0 amide bonds. The number of nitrogens with zero attached hydrogens (tertiary/aromatic N) is 4. The number of nitro groups is 2. The lowest BCUT2D eigenvalue weighted by Gasteiger charge is -2.25. The van der Waals surface area contributed by atoms with E-state index in [-0.39, 0.29) is 21.2 Å². The highest BCUT2D eigenvalue weighted by Gasteiger charge is 2.41. The average Bonchev–Trinajstić information content (AvgIpc) is 4.04. The molecule has 308 valence electrons. The first kappa shape index (κ1) is 41.9. The maximum Gasteiger partial charge on any atom is 0.275 e. The minimum Gasteiger partial charge on any atom is -0.485 e. The fourth-order valence-electron chi connectivity index (χ4n) is 7.58. The number of anilines is 2. The standard InChI is InChI=1S/C22H24N4O3.C13H17NO4.C9H9N3/c1-13-14(2)21-18(15(3)20(13)26(27)28)11-22(4,29-21)12-23-17-7-5-16(6-8-17)19-9-10-24-25-19;1-7-8(2)12-10(6-13(4,17-5)18-12)9(3)11(7)14(15)16;10-8-3-1-7(2-4-8)9-5-6-11-12-9/h5-10,23H,11-12H2,1-4H3,(H,24,25);6H2,1-5H3;1-6H,10H2,(H,11,12). The number of aromatic nitrogens is 4. The number of H-pyrrole nitrogens is 2. The predicted molar refractivity (Wildman–Crippen MR) is 228 cm³/mol. The van der Waals surface area contributed by atoms with Crippen molar-refractivity contribution in [1.82, 2.24) is 20.4 Å². The molecule has 0 radical (unpaired) electrons. The van der Waals surface area contributed by atoms with Crippen molar-refractivity contribution in [1.29, 1.82) is 0 Å². The zero-order valence-corrected chi connectivity index (χ0v) is 34.8. The maximum atomic E-state index is 11.5. The molecule has 0 fully saturated rings. The van der Waals surface area contributed by atoms with Crippen LogP contribution in [-0.2, 0) is 17.6 Å². The van der Waals surface area contributed by atoms with Gasteiger partial charge in [-0.2, -0.15) is 10.2 Å². The topological polar surface area (TPSA) is 209 Å². The Bertz CT molecular complexity index is 2490. The van der Waals surface area contributed by atoms with Crippen molar-refractivity contribution in [2.75, 3.05) is 24.7 Å². The molecule has 0 saturated heterocycles. The number of fused-ring (bicyclic) bond motifs is 2. The molecule has 2 aliphatic heterocycles. The summed E-state index contributed by atoms with van der Waals surface area (Å²) >= 11 is 0. The van der Waals surface area contributed by atoms with Crippen LogP contribution < -0.4 is 20.5 Å². The highest BCUT2D eigenvalue weighted by molar-refractivity contribution is 5.66. The van der Waals surface area contributed by atoms with Gasteiger partial charge in [-0.25, -0.2) is 0 Å². The largest absolute Gasteiger partial charge is 0.485 e. The number of hydrogen-bond acceptors (Lipinski definition) is 11. The first-order valence-corrected chi connectivity index (χ1v) is 19.1. The average molecular weight is 803 g/mol. The molecule has 4 aromatic carbocycles. The van der Waals surface area contributed by atoms with Crippen LogP contribution in [0.25, 0.3) is 22.5 Å². The molecular formula is C44H50N8O7. The highest BCUT2D eigenvalue weighted by atomic mass is 16.7. The Kier molecular flexibility index (Phi) is 11.8. The van der Waals surface area contributed by atoms with E-state index in [9.17, 15) is 20.2 Å². The Morgan fingerprint density at radius 2 is 1.15 bits per heavy atom. The number of aromatic amines is 2. The molecular weight excluding hydrogens is 753 g/mol. The predicted octanol–water partition coefficient (Wildman–Crippen LogP) is 9.19. The van der Waals surface area contributed by atoms with E-state index in [0.717, 1.165) is 67.6 Å². The van der Waals surface area contributed by atoms with E-state index < -0.39 is 11.4 Å². The SMILES string of the molecule is COC1(C)Cc2c(C)c([N+](=O)[O-])c(C)c(C)c2O1.Cc1c(C)c([N+](=O)[O-])c(C)c2c1OC(C)(CNc1ccc(-c3ccn[nH]3)cc1)C2.Nc1ccc(-c2ccn[nH]2)cc1. The molecule has 0 aliphatic carbocycles. The molecule has 2 atom stereocenters. The number of rotatable bonds is 8. The summed E-state index contributed by atoms with van der Waals surface area (Å²) in [5.41, 5.74) is 17.6. The Hall–Kier alpha value is -6.74. The van der Waals surface area contributed by atoms with Crippen LogP contribution in [0.5, 0.6) is 11.5 Å². The number of benzene rings is 4. The molecule has 2 aromatic heterocycles. The van der Waals surface area contributed by atoms with Gasteiger partial charge in [0.15, 0.2) is 0 Å². The number of hydrogen-bond donors (Lipinski definition) is 4. The zero-order valence-electron chi connectivity index (χ0n) is 34.8. The van der Waals surface area contributed by atoms with E-state index in [2.05, 4.69) is 25.7 Å². The molecule has 6 aromatic rings. The van der Waals surface area contributed by atoms with Crippen molar-refractivity contribution < 1.29 is 24.1 Å². The summed E-state index contributed by atoms with van der Waals surface area (Å²) in [6.07, 6.45) is 4.63. The minimum atomic E-state index is -0.723. The molecule has 5 N–H and O–H groups in total. The number of nitrogen functional groups attached to an aromatic ring is 1. The lowest BCUT2D eigenvalue weighted by molar-refractivity contribution is -0.386. The Morgan fingerprint density at radius 3 is 1.59 bits per heavy atom. The first-order chi connectivity index (χ1) is 28.0. The molecule has 59 heavy (non-hydrogen) atoms. The van der Waals surface area contributed by atoms with Crippen LogP contribution in [0.1, 0.15) is 58.4 Å². The second-order valence-electron chi connectivity index (χ2n) is 15.4. The Labute approximate surface area is 342 Å². The Morgan fingerprint density at radius 1 is 0.695 bits per heavy atom. The smallest absolute Gasteiger partial charge is 0.275 e. The van der Waals surface area contributed by atoms with Gasteiger partial charge in [0.2, 0.25) is 5.79 Å². The minimum absolute atomic E-state index is 0.190. The zero-order chi connectivity index (χ0) is 42.8. The van der Waals surface area contributed by atoms with Gasteiger partial charge in [0, 0.05) is 95.2 Å². The van der Waals surface area contributed by atoms with E-state index >= 15 is 0 Å². The van der Waals surface area contributed by atoms with Crippen molar-refractivity contribution in [3.05, 3.63) is 138 Å². The fraction of sp³-hybridized carbons (Fsp3) is 0.318. The summed E-state index contributed by atoms with van der Waals surface area (Å²) in [5, 5.41) is 39.8. The van der Waals surface area contributed by atoms with Gasteiger partial charge in [0.05, 0.1) is 27.8 Å². The van der Waals surface area contributed by atoms with Crippen LogP contribution in [0.15, 0.2) is 73.1 Å². The molecule has 8 rings (SSSR count). The van der Waals surface area contributed by atoms with Crippen LogP contribution in [0, 0.1) is 61.8 Å². The lowest BCUT2D eigenvalue weighted by Crippen LogP contribution is -2.38. The Balaban J connectivity index is 0.000000165. The van der Waals surface area contributed by atoms with Crippen molar-refractivity contribution >= 4 is 22.7 Å². The number of nitrogens with one attached hydrogen (secondary N) is 3. The van der Waals surface area contributed by atoms with Crippen LogP contribution in [0.2, 0.25) is 0 Å². The highest BCUT2D eigenvalue weighted by Crippen LogP contribution is 2.46. The van der Waals surface area contributed by atoms with Crippen LogP contribution in [0.4, 0.5) is 22.7 Å². The summed E-state index contributed by atoms with van der Waals surface area (Å²) in [6.45, 7) is 15.4. The van der Waals surface area contributed by atoms with Crippen LogP contribution in [-0.4, -0.2) is 55.3 Å². The number of nitrogens with two attached hydrogens (primary N) is 1. The van der Waals surface area contributed by atoms with E-state index in [1.54, 1.807) is 40.3 Å². The third-order valence-corrected chi connectivity index (χ3v) is 11.3. The summed E-state index contributed by atoms with van der Waals surface area (Å²) in [4.78, 5) is 22.1. The molecule has 0 spiro atoms. The fourth-order valence-corrected chi connectivity index (χ4v) is 7.58. The third-order valence-electron chi connectivity index (χ3n) is 11.3. The molecule has 15 heteroatoms. The molecule has 2 unspecified atom stereocenters. The molecule has 15 nitrogen and oxygen atoms in total. The second-order valence-corrected chi connectivity index (χ2v) is 15.4. The van der Waals surface area contributed by atoms with Gasteiger partial charge >= 0.3 is 0 Å². The van der Waals surface area contributed by atoms with Crippen LogP contribution in [0.3, 0.4) is 0 Å².